The Morgan fingerprint density at radius 3 is 3.05 bits per heavy atom. The van der Waals surface area contributed by atoms with Gasteiger partial charge in [0.15, 0.2) is 0 Å². The average Bonchev–Trinajstić information content (AvgIpc) is 2.48. The molecule has 1 heterocycles. The lowest BCUT2D eigenvalue weighted by Gasteiger charge is -2.32. The molecule has 1 amide bonds. The second kappa shape index (κ2) is 7.17. The molecule has 0 aliphatic carbocycles. The van der Waals surface area contributed by atoms with Crippen molar-refractivity contribution < 1.29 is 9.53 Å². The Bertz CT molecular complexity index is 481. The van der Waals surface area contributed by atoms with Gasteiger partial charge in [-0.1, -0.05) is 22.0 Å². The minimum absolute atomic E-state index is 0.283. The van der Waals surface area contributed by atoms with Crippen molar-refractivity contribution in [3.8, 4) is 0 Å². The standard InChI is InChI=1S/C14H20BrN3O2/c1-20-12-3-2-6-18(9-12)8-11-5-4-10(7-13(11)15)14(19)17-16/h4-5,7,12H,2-3,6,8-9,16H2,1H3,(H,17,19). The molecule has 0 aromatic heterocycles. The van der Waals surface area contributed by atoms with Crippen LogP contribution in [0, 0.1) is 0 Å². The van der Waals surface area contributed by atoms with Gasteiger partial charge in [-0.3, -0.25) is 15.1 Å². The van der Waals surface area contributed by atoms with Crippen LogP contribution in [0.25, 0.3) is 0 Å². The molecule has 6 heteroatoms. The van der Waals surface area contributed by atoms with Gasteiger partial charge in [-0.2, -0.15) is 0 Å². The van der Waals surface area contributed by atoms with Crippen LogP contribution in [-0.2, 0) is 11.3 Å². The number of piperidine rings is 1. The molecule has 1 saturated heterocycles. The number of hydrogen-bond acceptors (Lipinski definition) is 4. The van der Waals surface area contributed by atoms with Crippen LogP contribution in [0.1, 0.15) is 28.8 Å². The summed E-state index contributed by atoms with van der Waals surface area (Å²) in [6.07, 6.45) is 2.61. The van der Waals surface area contributed by atoms with E-state index in [1.54, 1.807) is 19.2 Å². The summed E-state index contributed by atoms with van der Waals surface area (Å²) in [4.78, 5) is 13.8. The van der Waals surface area contributed by atoms with Crippen molar-refractivity contribution in [2.75, 3.05) is 20.2 Å². The molecule has 1 aliphatic rings. The summed E-state index contributed by atoms with van der Waals surface area (Å²) in [6.45, 7) is 2.89. The largest absolute Gasteiger partial charge is 0.380 e. The number of nitrogens with zero attached hydrogens (tertiary/aromatic N) is 1. The summed E-state index contributed by atoms with van der Waals surface area (Å²) in [5.74, 6) is 4.85. The Morgan fingerprint density at radius 1 is 1.60 bits per heavy atom. The molecule has 1 atom stereocenters. The fourth-order valence-electron chi connectivity index (χ4n) is 2.49. The maximum atomic E-state index is 11.5. The van der Waals surface area contributed by atoms with E-state index in [0.717, 1.165) is 42.5 Å². The van der Waals surface area contributed by atoms with E-state index in [1.165, 1.54) is 0 Å². The number of likely N-dealkylation sites (tertiary alicyclic amines) is 1. The van der Waals surface area contributed by atoms with Gasteiger partial charge in [-0.25, -0.2) is 5.84 Å². The first kappa shape index (κ1) is 15.4. The summed E-state index contributed by atoms with van der Waals surface area (Å²) in [5, 5.41) is 0. The van der Waals surface area contributed by atoms with Crippen molar-refractivity contribution in [3.05, 3.63) is 33.8 Å². The number of hydrogen-bond donors (Lipinski definition) is 2. The first-order valence-corrected chi connectivity index (χ1v) is 7.48. The van der Waals surface area contributed by atoms with E-state index in [-0.39, 0.29) is 5.91 Å². The number of nitrogens with one attached hydrogen (secondary N) is 1. The first-order valence-electron chi connectivity index (χ1n) is 6.68. The maximum Gasteiger partial charge on any atom is 0.265 e. The van der Waals surface area contributed by atoms with Gasteiger partial charge >= 0.3 is 0 Å². The number of amides is 1. The molecule has 1 aliphatic heterocycles. The third-order valence-electron chi connectivity index (χ3n) is 3.64. The highest BCUT2D eigenvalue weighted by Crippen LogP contribution is 2.22. The second-order valence-corrected chi connectivity index (χ2v) is 5.87. The van der Waals surface area contributed by atoms with Crippen LogP contribution in [0.4, 0.5) is 0 Å². The Balaban J connectivity index is 2.04. The van der Waals surface area contributed by atoms with Gasteiger partial charge in [-0.15, -0.1) is 0 Å². The van der Waals surface area contributed by atoms with E-state index in [9.17, 15) is 4.79 Å². The van der Waals surface area contributed by atoms with E-state index in [2.05, 4.69) is 26.3 Å². The summed E-state index contributed by atoms with van der Waals surface area (Å²) >= 11 is 3.52. The summed E-state index contributed by atoms with van der Waals surface area (Å²) < 4.78 is 6.36. The van der Waals surface area contributed by atoms with Crippen molar-refractivity contribution in [1.82, 2.24) is 10.3 Å². The van der Waals surface area contributed by atoms with Gasteiger partial charge in [0.2, 0.25) is 0 Å². The number of methoxy groups -OCH3 is 1. The molecule has 1 fully saturated rings. The Kier molecular flexibility index (Phi) is 5.54. The zero-order valence-corrected chi connectivity index (χ0v) is 13.1. The molecular formula is C14H20BrN3O2. The lowest BCUT2D eigenvalue weighted by Crippen LogP contribution is -2.38. The lowest BCUT2D eigenvalue weighted by atomic mass is 10.1. The first-order chi connectivity index (χ1) is 9.63. The summed E-state index contributed by atoms with van der Waals surface area (Å²) in [7, 11) is 1.77. The minimum Gasteiger partial charge on any atom is -0.380 e. The van der Waals surface area contributed by atoms with Gasteiger partial charge in [0, 0.05) is 30.2 Å². The molecular weight excluding hydrogens is 322 g/mol. The third-order valence-corrected chi connectivity index (χ3v) is 4.37. The number of ether oxygens (including phenoxy) is 1. The van der Waals surface area contributed by atoms with Gasteiger partial charge in [-0.05, 0) is 37.1 Å². The number of hydrazine groups is 1. The highest BCUT2D eigenvalue weighted by atomic mass is 79.9. The van der Waals surface area contributed by atoms with Crippen molar-refractivity contribution in [3.63, 3.8) is 0 Å². The molecule has 0 radical (unpaired) electrons. The fourth-order valence-corrected chi connectivity index (χ4v) is 2.99. The number of nitrogen functional groups attached to an aromatic ring is 1. The average molecular weight is 342 g/mol. The number of halogens is 1. The molecule has 3 N–H and O–H groups in total. The Hall–Kier alpha value is -0.950. The Labute approximate surface area is 127 Å². The summed E-state index contributed by atoms with van der Waals surface area (Å²) in [5.41, 5.74) is 3.85. The second-order valence-electron chi connectivity index (χ2n) is 5.01. The monoisotopic (exact) mass is 341 g/mol. The molecule has 20 heavy (non-hydrogen) atoms. The number of benzene rings is 1. The number of nitrogens with two attached hydrogens (primary N) is 1. The predicted octanol–water partition coefficient (Wildman–Crippen LogP) is 1.66. The quantitative estimate of drug-likeness (QED) is 0.496. The topological polar surface area (TPSA) is 67.6 Å². The fraction of sp³-hybridized carbons (Fsp3) is 0.500. The molecule has 1 unspecified atom stereocenters. The number of carbonyl (C=O) groups is 1. The van der Waals surface area contributed by atoms with E-state index < -0.39 is 0 Å². The summed E-state index contributed by atoms with van der Waals surface area (Å²) in [6, 6.07) is 5.56. The van der Waals surface area contributed by atoms with Gasteiger partial charge in [0.1, 0.15) is 0 Å². The SMILES string of the molecule is COC1CCCN(Cc2ccc(C(=O)NN)cc2Br)C1. The smallest absolute Gasteiger partial charge is 0.265 e. The van der Waals surface area contributed by atoms with Crippen LogP contribution in [-0.4, -0.2) is 37.1 Å². The molecule has 1 aromatic carbocycles. The highest BCUT2D eigenvalue weighted by molar-refractivity contribution is 9.10. The third kappa shape index (κ3) is 3.79. The van der Waals surface area contributed by atoms with Crippen LogP contribution in [0.3, 0.4) is 0 Å². The zero-order valence-electron chi connectivity index (χ0n) is 11.6. The van der Waals surface area contributed by atoms with Gasteiger partial charge in [0.05, 0.1) is 6.10 Å². The van der Waals surface area contributed by atoms with Crippen molar-refractivity contribution in [2.45, 2.75) is 25.5 Å². The molecule has 5 nitrogen and oxygen atoms in total. The predicted molar refractivity (Wildman–Crippen MR) is 81.1 cm³/mol. The normalized spacial score (nSPS) is 19.9. The molecule has 0 bridgehead atoms. The van der Waals surface area contributed by atoms with Crippen LogP contribution in [0.2, 0.25) is 0 Å². The van der Waals surface area contributed by atoms with Crippen molar-refractivity contribution >= 4 is 21.8 Å². The van der Waals surface area contributed by atoms with Gasteiger partial charge in [0.25, 0.3) is 5.91 Å². The van der Waals surface area contributed by atoms with Gasteiger partial charge < -0.3 is 4.74 Å². The highest BCUT2D eigenvalue weighted by Gasteiger charge is 2.20. The number of carbonyl (C=O) groups excluding carboxylic acids is 1. The number of rotatable bonds is 4. The molecule has 0 spiro atoms. The van der Waals surface area contributed by atoms with Crippen LogP contribution in [0.15, 0.2) is 22.7 Å². The molecule has 1 aromatic rings. The molecule has 2 rings (SSSR count). The van der Waals surface area contributed by atoms with Crippen molar-refractivity contribution in [1.29, 1.82) is 0 Å². The van der Waals surface area contributed by atoms with E-state index in [0.29, 0.717) is 11.7 Å². The van der Waals surface area contributed by atoms with E-state index in [1.807, 2.05) is 6.07 Å². The van der Waals surface area contributed by atoms with E-state index >= 15 is 0 Å². The van der Waals surface area contributed by atoms with Crippen molar-refractivity contribution in [2.24, 2.45) is 5.84 Å². The minimum atomic E-state index is -0.283. The lowest BCUT2D eigenvalue weighted by molar-refractivity contribution is 0.0285. The van der Waals surface area contributed by atoms with Crippen LogP contribution < -0.4 is 11.3 Å². The van der Waals surface area contributed by atoms with Crippen LogP contribution in [0.5, 0.6) is 0 Å². The molecule has 110 valence electrons. The maximum absolute atomic E-state index is 11.5. The van der Waals surface area contributed by atoms with E-state index in [4.69, 9.17) is 10.6 Å². The Morgan fingerprint density at radius 2 is 2.40 bits per heavy atom. The zero-order chi connectivity index (χ0) is 14.5. The molecule has 0 saturated carbocycles. The van der Waals surface area contributed by atoms with Crippen LogP contribution >= 0.6 is 15.9 Å².